The van der Waals surface area contributed by atoms with Crippen LogP contribution in [0.1, 0.15) is 0 Å². The Morgan fingerprint density at radius 1 is 0.842 bits per heavy atom. The second-order valence-electron chi connectivity index (χ2n) is 4.15. The van der Waals surface area contributed by atoms with Crippen molar-refractivity contribution >= 4 is 17.3 Å². The van der Waals surface area contributed by atoms with E-state index < -0.39 is 0 Å². The van der Waals surface area contributed by atoms with Gasteiger partial charge in [0.2, 0.25) is 5.96 Å². The molecule has 1 aliphatic heterocycles. The molecular weight excluding hydrogens is 238 g/mol. The van der Waals surface area contributed by atoms with Gasteiger partial charge in [-0.3, -0.25) is 5.43 Å². The molecule has 2 aromatic carbocycles. The molecule has 0 radical (unpaired) electrons. The van der Waals surface area contributed by atoms with E-state index in [1.807, 2.05) is 60.7 Å². The Hall–Kier alpha value is -2.53. The highest BCUT2D eigenvalue weighted by Gasteiger charge is 2.15. The van der Waals surface area contributed by atoms with Crippen LogP contribution in [-0.4, -0.2) is 12.2 Å². The Kier molecular flexibility index (Phi) is 3.29. The summed E-state index contributed by atoms with van der Waals surface area (Å²) in [4.78, 5) is 4.45. The van der Waals surface area contributed by atoms with Gasteiger partial charge in [0.25, 0.3) is 0 Å². The number of anilines is 2. The highest BCUT2D eigenvalue weighted by Crippen LogP contribution is 2.09. The van der Waals surface area contributed by atoms with E-state index in [4.69, 9.17) is 0 Å². The Balaban J connectivity index is 1.62. The lowest BCUT2D eigenvalue weighted by Gasteiger charge is -2.10. The Bertz CT molecular complexity index is 553. The minimum Gasteiger partial charge on any atom is -0.350 e. The molecule has 0 bridgehead atoms. The normalized spacial score (nSPS) is 17.5. The molecule has 1 unspecified atom stereocenters. The van der Waals surface area contributed by atoms with Crippen LogP contribution in [0.4, 0.5) is 11.4 Å². The third-order valence-corrected chi connectivity index (χ3v) is 2.70. The Labute approximate surface area is 111 Å². The smallest absolute Gasteiger partial charge is 0.213 e. The fourth-order valence-electron chi connectivity index (χ4n) is 1.81. The van der Waals surface area contributed by atoms with Gasteiger partial charge in [0, 0.05) is 11.4 Å². The molecule has 5 nitrogen and oxygen atoms in total. The highest BCUT2D eigenvalue weighted by molar-refractivity contribution is 5.94. The summed E-state index contributed by atoms with van der Waals surface area (Å²) in [5.74, 6) is 0.694. The molecule has 19 heavy (non-hydrogen) atoms. The summed E-state index contributed by atoms with van der Waals surface area (Å²) in [5, 5.41) is 6.45. The Morgan fingerprint density at radius 2 is 1.47 bits per heavy atom. The summed E-state index contributed by atoms with van der Waals surface area (Å²) in [6.45, 7) is 0. The molecule has 96 valence electrons. The van der Waals surface area contributed by atoms with Crippen molar-refractivity contribution in [1.82, 2.24) is 10.9 Å². The molecule has 1 atom stereocenters. The number of hydrogen-bond donors (Lipinski definition) is 4. The zero-order valence-corrected chi connectivity index (χ0v) is 10.3. The molecule has 0 fully saturated rings. The largest absolute Gasteiger partial charge is 0.350 e. The maximum atomic E-state index is 4.45. The van der Waals surface area contributed by atoms with E-state index >= 15 is 0 Å². The van der Waals surface area contributed by atoms with Crippen molar-refractivity contribution in [3.05, 3.63) is 60.7 Å². The molecule has 4 N–H and O–H groups in total. The summed E-state index contributed by atoms with van der Waals surface area (Å²) in [7, 11) is 0. The van der Waals surface area contributed by atoms with Crippen LogP contribution in [0.25, 0.3) is 0 Å². The van der Waals surface area contributed by atoms with Crippen molar-refractivity contribution in [1.29, 1.82) is 0 Å². The summed E-state index contributed by atoms with van der Waals surface area (Å²) in [5.41, 5.74) is 8.07. The minimum absolute atomic E-state index is 0.186. The van der Waals surface area contributed by atoms with Crippen LogP contribution in [-0.2, 0) is 0 Å². The molecular formula is C14H15N5. The molecule has 0 saturated carbocycles. The average Bonchev–Trinajstić information content (AvgIpc) is 2.88. The molecule has 0 aliphatic carbocycles. The van der Waals surface area contributed by atoms with Crippen molar-refractivity contribution < 1.29 is 0 Å². The zero-order valence-electron chi connectivity index (χ0n) is 10.3. The van der Waals surface area contributed by atoms with Gasteiger partial charge in [0.1, 0.15) is 0 Å². The third kappa shape index (κ3) is 3.02. The number of nitrogens with zero attached hydrogens (tertiary/aromatic N) is 1. The maximum Gasteiger partial charge on any atom is 0.213 e. The van der Waals surface area contributed by atoms with Crippen LogP contribution in [0.5, 0.6) is 0 Å². The van der Waals surface area contributed by atoms with Crippen LogP contribution < -0.4 is 21.5 Å². The summed E-state index contributed by atoms with van der Waals surface area (Å²) in [6, 6.07) is 19.9. The van der Waals surface area contributed by atoms with Crippen LogP contribution in [0.3, 0.4) is 0 Å². The van der Waals surface area contributed by atoms with Gasteiger partial charge in [0.05, 0.1) is 0 Å². The molecule has 5 heteroatoms. The van der Waals surface area contributed by atoms with Crippen molar-refractivity contribution in [2.45, 2.75) is 6.29 Å². The van der Waals surface area contributed by atoms with Gasteiger partial charge in [-0.25, -0.2) is 4.99 Å². The first-order valence-electron chi connectivity index (χ1n) is 6.13. The number of guanidine groups is 1. The quantitative estimate of drug-likeness (QED) is 0.675. The van der Waals surface area contributed by atoms with Gasteiger partial charge < -0.3 is 10.6 Å². The molecule has 0 aromatic heterocycles. The molecule has 0 saturated heterocycles. The molecule has 1 heterocycles. The van der Waals surface area contributed by atoms with Crippen molar-refractivity contribution in [2.75, 3.05) is 10.6 Å². The van der Waals surface area contributed by atoms with E-state index in [0.29, 0.717) is 5.96 Å². The van der Waals surface area contributed by atoms with Crippen molar-refractivity contribution in [3.8, 4) is 0 Å². The van der Waals surface area contributed by atoms with Crippen LogP contribution in [0.15, 0.2) is 65.7 Å². The maximum absolute atomic E-state index is 4.45. The molecule has 0 spiro atoms. The van der Waals surface area contributed by atoms with E-state index in [2.05, 4.69) is 26.5 Å². The monoisotopic (exact) mass is 253 g/mol. The van der Waals surface area contributed by atoms with Gasteiger partial charge in [-0.1, -0.05) is 36.4 Å². The van der Waals surface area contributed by atoms with E-state index in [9.17, 15) is 0 Å². The minimum atomic E-state index is -0.186. The zero-order chi connectivity index (χ0) is 12.9. The summed E-state index contributed by atoms with van der Waals surface area (Å²) < 4.78 is 0. The second-order valence-corrected chi connectivity index (χ2v) is 4.15. The number of hydrogen-bond acceptors (Lipinski definition) is 5. The first-order chi connectivity index (χ1) is 9.40. The van der Waals surface area contributed by atoms with E-state index in [1.165, 1.54) is 0 Å². The lowest BCUT2D eigenvalue weighted by atomic mass is 10.3. The lowest BCUT2D eigenvalue weighted by Crippen LogP contribution is -2.40. The summed E-state index contributed by atoms with van der Waals surface area (Å²) >= 11 is 0. The summed E-state index contributed by atoms with van der Waals surface area (Å²) in [6.07, 6.45) is -0.186. The SMILES string of the molecule is c1ccc(NC2=NC(Nc3ccccc3)NN2)cc1. The first kappa shape index (κ1) is 11.6. The Morgan fingerprint density at radius 3 is 2.16 bits per heavy atom. The van der Waals surface area contributed by atoms with E-state index in [0.717, 1.165) is 11.4 Å². The number of benzene rings is 2. The van der Waals surface area contributed by atoms with Crippen molar-refractivity contribution in [3.63, 3.8) is 0 Å². The predicted octanol–water partition coefficient (Wildman–Crippen LogP) is 1.96. The van der Waals surface area contributed by atoms with Crippen molar-refractivity contribution in [2.24, 2.45) is 4.99 Å². The van der Waals surface area contributed by atoms with Crippen LogP contribution in [0, 0.1) is 0 Å². The average molecular weight is 253 g/mol. The van der Waals surface area contributed by atoms with Gasteiger partial charge in [0.15, 0.2) is 6.29 Å². The van der Waals surface area contributed by atoms with E-state index in [-0.39, 0.29) is 6.29 Å². The first-order valence-corrected chi connectivity index (χ1v) is 6.13. The van der Waals surface area contributed by atoms with E-state index in [1.54, 1.807) is 0 Å². The van der Waals surface area contributed by atoms with Gasteiger partial charge in [-0.2, -0.15) is 5.43 Å². The lowest BCUT2D eigenvalue weighted by molar-refractivity contribution is 0.600. The number of rotatable bonds is 3. The molecule has 2 aromatic rings. The number of nitrogens with one attached hydrogen (secondary N) is 4. The number of hydrazine groups is 1. The number of para-hydroxylation sites is 2. The number of aliphatic imine (C=N–C) groups is 1. The van der Waals surface area contributed by atoms with Gasteiger partial charge in [-0.05, 0) is 24.3 Å². The topological polar surface area (TPSA) is 60.5 Å². The highest BCUT2D eigenvalue weighted by atomic mass is 15.6. The predicted molar refractivity (Wildman–Crippen MR) is 77.6 cm³/mol. The van der Waals surface area contributed by atoms with Crippen LogP contribution >= 0.6 is 0 Å². The molecule has 3 rings (SSSR count). The standard InChI is InChI=1S/C14H15N5/c1-3-7-11(8-4-1)15-13-17-14(19-18-13)16-12-9-5-2-6-10-12/h1-10,13,15,18H,(H2,16,17,19). The third-order valence-electron chi connectivity index (χ3n) is 2.70. The van der Waals surface area contributed by atoms with Crippen LogP contribution in [0.2, 0.25) is 0 Å². The molecule has 1 aliphatic rings. The van der Waals surface area contributed by atoms with Gasteiger partial charge >= 0.3 is 0 Å². The molecule has 0 amide bonds. The second kappa shape index (κ2) is 5.41. The fraction of sp³-hybridized carbons (Fsp3) is 0.0714. The fourth-order valence-corrected chi connectivity index (χ4v) is 1.81. The van der Waals surface area contributed by atoms with Gasteiger partial charge in [-0.15, -0.1) is 0 Å².